The smallest absolute Gasteiger partial charge is 0.276 e. The number of hydrogen-bond donors (Lipinski definition) is 1. The van der Waals surface area contributed by atoms with Crippen molar-refractivity contribution >= 4 is 33.7 Å². The van der Waals surface area contributed by atoms with E-state index in [4.69, 9.17) is 0 Å². The van der Waals surface area contributed by atoms with Crippen molar-refractivity contribution in [3.63, 3.8) is 0 Å². The Labute approximate surface area is 145 Å². The molecule has 0 aliphatic heterocycles. The van der Waals surface area contributed by atoms with Crippen LogP contribution in [0.2, 0.25) is 0 Å². The lowest BCUT2D eigenvalue weighted by Gasteiger charge is -1.98. The number of nitrogens with one attached hydrogen (secondary N) is 1. The summed E-state index contributed by atoms with van der Waals surface area (Å²) in [7, 11) is 0. The molecule has 4 heterocycles. The Morgan fingerprint density at radius 1 is 1.08 bits per heavy atom. The second kappa shape index (κ2) is 6.34. The van der Waals surface area contributed by atoms with E-state index in [2.05, 4.69) is 20.3 Å². The van der Waals surface area contributed by atoms with Crippen LogP contribution in [0.1, 0.15) is 10.5 Å². The van der Waals surface area contributed by atoms with E-state index < -0.39 is 0 Å². The van der Waals surface area contributed by atoms with Gasteiger partial charge in [0.15, 0.2) is 10.3 Å². The van der Waals surface area contributed by atoms with Crippen LogP contribution in [0.5, 0.6) is 0 Å². The molecule has 0 bridgehead atoms. The van der Waals surface area contributed by atoms with Gasteiger partial charge in [-0.05, 0) is 24.3 Å². The van der Waals surface area contributed by atoms with E-state index in [1.165, 1.54) is 22.7 Å². The van der Waals surface area contributed by atoms with Crippen LogP contribution in [0, 0.1) is 0 Å². The Morgan fingerprint density at radius 2 is 1.96 bits per heavy atom. The summed E-state index contributed by atoms with van der Waals surface area (Å²) in [5, 5.41) is 7.70. The minimum Gasteiger partial charge on any atom is -0.300 e. The van der Waals surface area contributed by atoms with Crippen LogP contribution in [-0.4, -0.2) is 25.4 Å². The Hall–Kier alpha value is -2.84. The number of carbonyl (C=O) groups is 1. The third-order valence-electron chi connectivity index (χ3n) is 3.23. The van der Waals surface area contributed by atoms with Gasteiger partial charge in [0.1, 0.15) is 5.69 Å². The van der Waals surface area contributed by atoms with Crippen LogP contribution in [0.4, 0.5) is 5.13 Å². The van der Waals surface area contributed by atoms with Crippen molar-refractivity contribution in [3.05, 3.63) is 65.5 Å². The standard InChI is InChI=1S/C16H11N5OS2/c22-14(13-10-24-16(19-13)21-6-1-2-7-21)20-15-18-12(9-23-15)11-4-3-5-17-8-11/h1-10H,(H,18,20,22). The quantitative estimate of drug-likeness (QED) is 0.607. The minimum atomic E-state index is -0.267. The number of hydrogen-bond acceptors (Lipinski definition) is 6. The zero-order valence-electron chi connectivity index (χ0n) is 12.3. The number of aromatic nitrogens is 4. The molecule has 8 heteroatoms. The molecule has 118 valence electrons. The first-order valence-corrected chi connectivity index (χ1v) is 8.82. The molecule has 0 radical (unpaired) electrons. The predicted molar refractivity (Wildman–Crippen MR) is 94.7 cm³/mol. The maximum absolute atomic E-state index is 12.3. The monoisotopic (exact) mass is 353 g/mol. The molecule has 1 amide bonds. The Morgan fingerprint density at radius 3 is 2.75 bits per heavy atom. The molecule has 4 rings (SSSR count). The normalized spacial score (nSPS) is 10.7. The molecule has 4 aromatic heterocycles. The molecule has 0 aromatic carbocycles. The van der Waals surface area contributed by atoms with Gasteiger partial charge in [-0.15, -0.1) is 22.7 Å². The van der Waals surface area contributed by atoms with Gasteiger partial charge < -0.3 is 4.57 Å². The third-order valence-corrected chi connectivity index (χ3v) is 4.84. The van der Waals surface area contributed by atoms with Gasteiger partial charge in [0.05, 0.1) is 5.69 Å². The highest BCUT2D eigenvalue weighted by Gasteiger charge is 2.14. The second-order valence-electron chi connectivity index (χ2n) is 4.84. The van der Waals surface area contributed by atoms with Gasteiger partial charge in [-0.3, -0.25) is 15.1 Å². The fraction of sp³-hybridized carbons (Fsp3) is 0. The van der Waals surface area contributed by atoms with E-state index in [1.54, 1.807) is 17.8 Å². The Bertz CT molecular complexity index is 959. The van der Waals surface area contributed by atoms with Crippen molar-refractivity contribution in [3.8, 4) is 16.4 Å². The molecule has 0 atom stereocenters. The highest BCUT2D eigenvalue weighted by atomic mass is 32.1. The highest BCUT2D eigenvalue weighted by molar-refractivity contribution is 7.14. The molecular weight excluding hydrogens is 342 g/mol. The van der Waals surface area contributed by atoms with Gasteiger partial charge in [-0.2, -0.15) is 0 Å². The summed E-state index contributed by atoms with van der Waals surface area (Å²) < 4.78 is 1.87. The van der Waals surface area contributed by atoms with E-state index in [1.807, 2.05) is 46.6 Å². The molecule has 6 nitrogen and oxygen atoms in total. The number of anilines is 1. The zero-order valence-corrected chi connectivity index (χ0v) is 13.9. The molecular formula is C16H11N5OS2. The number of thiazole rings is 2. The zero-order chi connectivity index (χ0) is 16.4. The van der Waals surface area contributed by atoms with Crippen LogP contribution in [0.25, 0.3) is 16.4 Å². The van der Waals surface area contributed by atoms with Crippen LogP contribution < -0.4 is 5.32 Å². The molecule has 0 unspecified atom stereocenters. The van der Waals surface area contributed by atoms with E-state index in [0.29, 0.717) is 10.8 Å². The van der Waals surface area contributed by atoms with Crippen molar-refractivity contribution in [2.24, 2.45) is 0 Å². The second-order valence-corrected chi connectivity index (χ2v) is 6.53. The first-order chi connectivity index (χ1) is 11.8. The molecule has 0 aliphatic carbocycles. The third kappa shape index (κ3) is 2.97. The first kappa shape index (κ1) is 14.7. The number of rotatable bonds is 4. The van der Waals surface area contributed by atoms with E-state index in [0.717, 1.165) is 16.4 Å². The summed E-state index contributed by atoms with van der Waals surface area (Å²) in [6.45, 7) is 0. The van der Waals surface area contributed by atoms with Gasteiger partial charge in [0.2, 0.25) is 0 Å². The van der Waals surface area contributed by atoms with Crippen LogP contribution >= 0.6 is 22.7 Å². The summed E-state index contributed by atoms with van der Waals surface area (Å²) in [5.41, 5.74) is 2.08. The first-order valence-electron chi connectivity index (χ1n) is 7.06. The largest absolute Gasteiger partial charge is 0.300 e. The topological polar surface area (TPSA) is 72.7 Å². The number of nitrogens with zero attached hydrogens (tertiary/aromatic N) is 4. The maximum atomic E-state index is 12.3. The summed E-state index contributed by atoms with van der Waals surface area (Å²) in [4.78, 5) is 25.2. The van der Waals surface area contributed by atoms with Crippen LogP contribution in [0.3, 0.4) is 0 Å². The van der Waals surface area contributed by atoms with Gasteiger partial charge in [0, 0.05) is 41.1 Å². The fourth-order valence-electron chi connectivity index (χ4n) is 2.09. The lowest BCUT2D eigenvalue weighted by molar-refractivity contribution is 0.102. The molecule has 0 saturated heterocycles. The van der Waals surface area contributed by atoms with Crippen LogP contribution in [-0.2, 0) is 0 Å². The van der Waals surface area contributed by atoms with Gasteiger partial charge in [0.25, 0.3) is 5.91 Å². The molecule has 0 fully saturated rings. The molecule has 4 aromatic rings. The van der Waals surface area contributed by atoms with Crippen molar-refractivity contribution in [1.29, 1.82) is 0 Å². The maximum Gasteiger partial charge on any atom is 0.276 e. The lowest BCUT2D eigenvalue weighted by atomic mass is 10.2. The lowest BCUT2D eigenvalue weighted by Crippen LogP contribution is -2.12. The molecule has 24 heavy (non-hydrogen) atoms. The van der Waals surface area contributed by atoms with Crippen molar-refractivity contribution in [2.75, 3.05) is 5.32 Å². The van der Waals surface area contributed by atoms with Crippen molar-refractivity contribution in [2.45, 2.75) is 0 Å². The summed E-state index contributed by atoms with van der Waals surface area (Å²) in [6.07, 6.45) is 7.23. The minimum absolute atomic E-state index is 0.267. The molecule has 0 spiro atoms. The van der Waals surface area contributed by atoms with Crippen molar-refractivity contribution < 1.29 is 4.79 Å². The summed E-state index contributed by atoms with van der Waals surface area (Å²) in [6, 6.07) is 7.61. The van der Waals surface area contributed by atoms with E-state index in [9.17, 15) is 4.79 Å². The highest BCUT2D eigenvalue weighted by Crippen LogP contribution is 2.24. The van der Waals surface area contributed by atoms with E-state index in [-0.39, 0.29) is 5.91 Å². The fourth-order valence-corrected chi connectivity index (χ4v) is 3.57. The number of amides is 1. The number of carbonyl (C=O) groups excluding carboxylic acids is 1. The Kier molecular flexibility index (Phi) is 3.89. The van der Waals surface area contributed by atoms with Gasteiger partial charge in [-0.25, -0.2) is 9.97 Å². The van der Waals surface area contributed by atoms with Crippen LogP contribution in [0.15, 0.2) is 59.8 Å². The molecule has 0 saturated carbocycles. The average Bonchev–Trinajstić information content (AvgIpc) is 3.36. The van der Waals surface area contributed by atoms with Gasteiger partial charge >= 0.3 is 0 Å². The summed E-state index contributed by atoms with van der Waals surface area (Å²) in [5.74, 6) is -0.267. The predicted octanol–water partition coefficient (Wildman–Crippen LogP) is 3.70. The Balaban J connectivity index is 1.50. The van der Waals surface area contributed by atoms with Crippen molar-refractivity contribution in [1.82, 2.24) is 19.5 Å². The summed E-state index contributed by atoms with van der Waals surface area (Å²) >= 11 is 2.79. The SMILES string of the molecule is O=C(Nc1nc(-c2cccnc2)cs1)c1csc(-n2cccc2)n1. The van der Waals surface area contributed by atoms with Gasteiger partial charge in [-0.1, -0.05) is 0 Å². The molecule has 1 N–H and O–H groups in total. The number of pyridine rings is 1. The average molecular weight is 353 g/mol. The molecule has 0 aliphatic rings. The van der Waals surface area contributed by atoms with E-state index >= 15 is 0 Å².